The molecule has 1 unspecified atom stereocenters. The highest BCUT2D eigenvalue weighted by Crippen LogP contribution is 2.18. The van der Waals surface area contributed by atoms with Gasteiger partial charge in [0.25, 0.3) is 0 Å². The van der Waals surface area contributed by atoms with Crippen LogP contribution >= 0.6 is 15.9 Å². The molecule has 17 heavy (non-hydrogen) atoms. The van der Waals surface area contributed by atoms with Crippen LogP contribution in [-0.2, 0) is 20.8 Å². The molecule has 1 fully saturated rings. The Morgan fingerprint density at radius 2 is 2.47 bits per heavy atom. The Hall–Kier alpha value is -0.850. The van der Waals surface area contributed by atoms with Crippen molar-refractivity contribution in [3.8, 4) is 0 Å². The lowest BCUT2D eigenvalue weighted by Gasteiger charge is -2.32. The van der Waals surface area contributed by atoms with Crippen molar-refractivity contribution >= 4 is 21.9 Å². The predicted molar refractivity (Wildman–Crippen MR) is 63.4 cm³/mol. The van der Waals surface area contributed by atoms with Gasteiger partial charge in [0.05, 0.1) is 26.9 Å². The van der Waals surface area contributed by atoms with Crippen LogP contribution in [0.5, 0.6) is 0 Å². The molecule has 0 aliphatic carbocycles. The second-order valence-corrected chi connectivity index (χ2v) is 4.57. The number of methoxy groups -OCH3 is 1. The summed E-state index contributed by atoms with van der Waals surface area (Å²) in [5, 5.41) is 0. The van der Waals surface area contributed by atoms with Gasteiger partial charge in [-0.15, -0.1) is 0 Å². The smallest absolute Gasteiger partial charge is 0.325 e. The zero-order chi connectivity index (χ0) is 12.3. The maximum absolute atomic E-state index is 11.6. The largest absolute Gasteiger partial charge is 0.468 e. The summed E-state index contributed by atoms with van der Waals surface area (Å²) in [6.45, 7) is 2.26. The van der Waals surface area contributed by atoms with Crippen LogP contribution < -0.4 is 0 Å². The molecule has 1 atom stereocenters. The average molecular weight is 304 g/mol. The molecule has 0 N–H and O–H groups in total. The van der Waals surface area contributed by atoms with Crippen molar-refractivity contribution in [1.82, 2.24) is 4.90 Å². The molecule has 1 aromatic rings. The van der Waals surface area contributed by atoms with Crippen molar-refractivity contribution in [3.63, 3.8) is 0 Å². The third-order valence-electron chi connectivity index (χ3n) is 2.70. The Kier molecular flexibility index (Phi) is 4.20. The molecule has 0 aromatic carbocycles. The summed E-state index contributed by atoms with van der Waals surface area (Å²) in [6, 6.07) is 3.37. The van der Waals surface area contributed by atoms with E-state index >= 15 is 0 Å². The van der Waals surface area contributed by atoms with Crippen LogP contribution in [0, 0.1) is 0 Å². The van der Waals surface area contributed by atoms with Gasteiger partial charge in [0.15, 0.2) is 4.67 Å². The molecule has 1 aliphatic rings. The highest BCUT2D eigenvalue weighted by molar-refractivity contribution is 9.10. The quantitative estimate of drug-likeness (QED) is 0.791. The minimum Gasteiger partial charge on any atom is -0.468 e. The second-order valence-electron chi connectivity index (χ2n) is 3.79. The van der Waals surface area contributed by atoms with Gasteiger partial charge in [0.2, 0.25) is 0 Å². The number of esters is 1. The van der Waals surface area contributed by atoms with Crippen LogP contribution in [-0.4, -0.2) is 43.8 Å². The maximum Gasteiger partial charge on any atom is 0.325 e. The standard InChI is InChI=1S/C11H14BrNO4/c1-15-11(14)9-7-16-5-4-13(9)6-8-2-3-10(12)17-8/h2-3,9H,4-7H2,1H3. The van der Waals surface area contributed by atoms with E-state index in [0.717, 1.165) is 5.76 Å². The van der Waals surface area contributed by atoms with E-state index in [1.807, 2.05) is 17.0 Å². The third-order valence-corrected chi connectivity index (χ3v) is 3.13. The molecule has 2 rings (SSSR count). The predicted octanol–water partition coefficient (Wildman–Crippen LogP) is 1.42. The fourth-order valence-corrected chi connectivity index (χ4v) is 2.16. The molecule has 0 amide bonds. The van der Waals surface area contributed by atoms with Gasteiger partial charge < -0.3 is 13.9 Å². The van der Waals surface area contributed by atoms with Gasteiger partial charge in [0.1, 0.15) is 11.8 Å². The van der Waals surface area contributed by atoms with Crippen molar-refractivity contribution in [2.24, 2.45) is 0 Å². The fraction of sp³-hybridized carbons (Fsp3) is 0.545. The number of carbonyl (C=O) groups excluding carboxylic acids is 1. The number of nitrogens with zero attached hydrogens (tertiary/aromatic N) is 1. The van der Waals surface area contributed by atoms with Crippen LogP contribution in [0.1, 0.15) is 5.76 Å². The first-order chi connectivity index (χ1) is 8.20. The second kappa shape index (κ2) is 5.66. The van der Waals surface area contributed by atoms with Crippen molar-refractivity contribution in [2.75, 3.05) is 26.9 Å². The molecule has 0 spiro atoms. The van der Waals surface area contributed by atoms with Crippen molar-refractivity contribution in [2.45, 2.75) is 12.6 Å². The monoisotopic (exact) mass is 303 g/mol. The number of hydrogen-bond donors (Lipinski definition) is 0. The van der Waals surface area contributed by atoms with E-state index in [4.69, 9.17) is 13.9 Å². The minimum atomic E-state index is -0.349. The SMILES string of the molecule is COC(=O)C1COCCN1Cc1ccc(Br)o1. The highest BCUT2D eigenvalue weighted by Gasteiger charge is 2.30. The Balaban J connectivity index is 2.03. The van der Waals surface area contributed by atoms with E-state index < -0.39 is 0 Å². The van der Waals surface area contributed by atoms with Gasteiger partial charge in [0, 0.05) is 6.54 Å². The number of carbonyl (C=O) groups is 1. The molecule has 0 radical (unpaired) electrons. The van der Waals surface area contributed by atoms with Crippen LogP contribution in [0.3, 0.4) is 0 Å². The summed E-state index contributed by atoms with van der Waals surface area (Å²) in [5.74, 6) is 0.544. The van der Waals surface area contributed by atoms with Crippen molar-refractivity contribution in [3.05, 3.63) is 22.6 Å². The van der Waals surface area contributed by atoms with E-state index in [0.29, 0.717) is 31.0 Å². The van der Waals surface area contributed by atoms with E-state index in [-0.39, 0.29) is 12.0 Å². The first-order valence-corrected chi connectivity index (χ1v) is 6.14. The number of halogens is 1. The normalized spacial score (nSPS) is 21.4. The highest BCUT2D eigenvalue weighted by atomic mass is 79.9. The molecule has 1 aliphatic heterocycles. The molecular formula is C11H14BrNO4. The maximum atomic E-state index is 11.6. The number of furan rings is 1. The lowest BCUT2D eigenvalue weighted by molar-refractivity contribution is -0.153. The zero-order valence-electron chi connectivity index (χ0n) is 9.52. The van der Waals surface area contributed by atoms with Gasteiger partial charge in [-0.3, -0.25) is 9.69 Å². The summed E-state index contributed by atoms with van der Waals surface area (Å²) in [7, 11) is 1.39. The molecule has 5 nitrogen and oxygen atoms in total. The summed E-state index contributed by atoms with van der Waals surface area (Å²) < 4.78 is 16.2. The van der Waals surface area contributed by atoms with Crippen LogP contribution in [0.2, 0.25) is 0 Å². The zero-order valence-corrected chi connectivity index (χ0v) is 11.1. The lowest BCUT2D eigenvalue weighted by atomic mass is 10.2. The molecule has 94 valence electrons. The van der Waals surface area contributed by atoms with Gasteiger partial charge in [-0.2, -0.15) is 0 Å². The number of rotatable bonds is 3. The van der Waals surface area contributed by atoms with E-state index in [2.05, 4.69) is 15.9 Å². The first-order valence-electron chi connectivity index (χ1n) is 5.34. The van der Waals surface area contributed by atoms with Crippen LogP contribution in [0.4, 0.5) is 0 Å². The number of morpholine rings is 1. The summed E-state index contributed by atoms with van der Waals surface area (Å²) >= 11 is 3.25. The van der Waals surface area contributed by atoms with Gasteiger partial charge >= 0.3 is 5.97 Å². The van der Waals surface area contributed by atoms with Gasteiger partial charge in [-0.05, 0) is 28.1 Å². The molecular weight excluding hydrogens is 290 g/mol. The topological polar surface area (TPSA) is 51.9 Å². The summed E-state index contributed by atoms with van der Waals surface area (Å²) in [5.41, 5.74) is 0. The van der Waals surface area contributed by atoms with Crippen molar-refractivity contribution in [1.29, 1.82) is 0 Å². The lowest BCUT2D eigenvalue weighted by Crippen LogP contribution is -2.49. The molecule has 0 bridgehead atoms. The van der Waals surface area contributed by atoms with Crippen LogP contribution in [0.15, 0.2) is 21.2 Å². The fourth-order valence-electron chi connectivity index (χ4n) is 1.82. The molecule has 1 saturated heterocycles. The Morgan fingerprint density at radius 3 is 3.12 bits per heavy atom. The van der Waals surface area contributed by atoms with E-state index in [9.17, 15) is 4.79 Å². The molecule has 2 heterocycles. The molecule has 6 heteroatoms. The van der Waals surface area contributed by atoms with E-state index in [1.54, 1.807) is 0 Å². The van der Waals surface area contributed by atoms with Gasteiger partial charge in [-0.25, -0.2) is 0 Å². The summed E-state index contributed by atoms with van der Waals surface area (Å²) in [6.07, 6.45) is 0. The first kappa shape index (κ1) is 12.6. The molecule has 1 aromatic heterocycles. The van der Waals surface area contributed by atoms with E-state index in [1.165, 1.54) is 7.11 Å². The number of hydrogen-bond acceptors (Lipinski definition) is 5. The minimum absolute atomic E-state index is 0.268. The third kappa shape index (κ3) is 3.08. The number of ether oxygens (including phenoxy) is 2. The molecule has 0 saturated carbocycles. The van der Waals surface area contributed by atoms with Gasteiger partial charge in [-0.1, -0.05) is 0 Å². The van der Waals surface area contributed by atoms with Crippen molar-refractivity contribution < 1.29 is 18.7 Å². The Bertz CT molecular complexity index is 393. The Labute approximate surface area is 108 Å². The summed E-state index contributed by atoms with van der Waals surface area (Å²) in [4.78, 5) is 13.6. The Morgan fingerprint density at radius 1 is 1.65 bits per heavy atom. The van der Waals surface area contributed by atoms with Crippen LogP contribution in [0.25, 0.3) is 0 Å². The average Bonchev–Trinajstić information content (AvgIpc) is 2.74.